The van der Waals surface area contributed by atoms with Crippen molar-refractivity contribution in [2.75, 3.05) is 39.4 Å². The second-order valence-corrected chi connectivity index (χ2v) is 10.2. The van der Waals surface area contributed by atoms with Crippen LogP contribution in [0.1, 0.15) is 51.5 Å². The van der Waals surface area contributed by atoms with Crippen molar-refractivity contribution >= 4 is 17.8 Å². The van der Waals surface area contributed by atoms with Crippen molar-refractivity contribution in [2.24, 2.45) is 11.8 Å². The monoisotopic (exact) mass is 500 g/mol. The van der Waals surface area contributed by atoms with Crippen molar-refractivity contribution in [3.8, 4) is 0 Å². The normalized spacial score (nSPS) is 25.4. The summed E-state index contributed by atoms with van der Waals surface area (Å²) in [5, 5.41) is 15.6. The Morgan fingerprint density at radius 3 is 2.17 bits per heavy atom. The van der Waals surface area contributed by atoms with Gasteiger partial charge in [0.25, 0.3) is 0 Å². The van der Waals surface area contributed by atoms with Gasteiger partial charge >= 0.3 is 11.9 Å². The lowest BCUT2D eigenvalue weighted by Gasteiger charge is -2.40. The molecule has 2 atom stereocenters. The number of carbonyl (C=O) groups is 3. The zero-order valence-corrected chi connectivity index (χ0v) is 21.5. The number of morpholine rings is 1. The molecule has 3 aliphatic rings. The largest absolute Gasteiger partial charge is 0.478 e. The van der Waals surface area contributed by atoms with Crippen LogP contribution in [0.3, 0.4) is 0 Å². The number of carboxylic acid groups (broad SMARTS) is 2. The van der Waals surface area contributed by atoms with E-state index in [0.29, 0.717) is 29.9 Å². The average molecular weight is 501 g/mol. The molecule has 0 radical (unpaired) electrons. The summed E-state index contributed by atoms with van der Waals surface area (Å²) in [4.78, 5) is 37.8. The number of hydrogen-bond acceptors (Lipinski definition) is 5. The fraction of sp³-hybridized carbons (Fsp3) is 0.607. The molecule has 0 spiro atoms. The maximum Gasteiger partial charge on any atom is 0.328 e. The number of carbonyl (C=O) groups excluding carboxylic acids is 1. The maximum absolute atomic E-state index is 14.0. The Labute approximate surface area is 213 Å². The van der Waals surface area contributed by atoms with E-state index in [-0.39, 0.29) is 11.5 Å². The predicted octanol–water partition coefficient (Wildman–Crippen LogP) is 3.42. The first-order valence-electron chi connectivity index (χ1n) is 13.1. The maximum atomic E-state index is 14.0. The Balaban J connectivity index is 0.000000392. The third-order valence-corrected chi connectivity index (χ3v) is 7.82. The summed E-state index contributed by atoms with van der Waals surface area (Å²) in [5.74, 6) is -1.23. The Hall–Kier alpha value is -2.71. The number of likely N-dealkylation sites (tertiary alicyclic amines) is 1. The molecule has 8 nitrogen and oxygen atoms in total. The zero-order chi connectivity index (χ0) is 26.1. The van der Waals surface area contributed by atoms with E-state index in [4.69, 9.17) is 14.9 Å². The molecule has 1 aromatic carbocycles. The van der Waals surface area contributed by atoms with Crippen molar-refractivity contribution in [1.29, 1.82) is 0 Å². The van der Waals surface area contributed by atoms with Crippen LogP contribution in [-0.4, -0.2) is 83.3 Å². The molecule has 1 aliphatic carbocycles. The molecule has 8 heteroatoms. The van der Waals surface area contributed by atoms with Crippen LogP contribution in [0.15, 0.2) is 42.5 Å². The van der Waals surface area contributed by atoms with Gasteiger partial charge in [-0.3, -0.25) is 9.69 Å². The van der Waals surface area contributed by atoms with Crippen LogP contribution in [-0.2, 0) is 24.5 Å². The Morgan fingerprint density at radius 1 is 1.06 bits per heavy atom. The number of hydrogen-bond donors (Lipinski definition) is 2. The fourth-order valence-corrected chi connectivity index (χ4v) is 6.14. The number of benzene rings is 1. The molecule has 4 rings (SSSR count). The number of carboxylic acids is 2. The highest BCUT2D eigenvalue weighted by Gasteiger charge is 2.59. The van der Waals surface area contributed by atoms with E-state index in [2.05, 4.69) is 54.0 Å². The highest BCUT2D eigenvalue weighted by atomic mass is 16.5. The number of rotatable bonds is 8. The van der Waals surface area contributed by atoms with Crippen LogP contribution in [0.2, 0.25) is 0 Å². The van der Waals surface area contributed by atoms with Crippen molar-refractivity contribution in [1.82, 2.24) is 9.80 Å². The van der Waals surface area contributed by atoms with E-state index in [1.165, 1.54) is 31.2 Å². The minimum atomic E-state index is -1.26. The van der Waals surface area contributed by atoms with E-state index in [1.807, 2.05) is 0 Å². The summed E-state index contributed by atoms with van der Waals surface area (Å²) in [5.41, 5.74) is 0.941. The Kier molecular flexibility index (Phi) is 10.1. The summed E-state index contributed by atoms with van der Waals surface area (Å²) in [7, 11) is 0. The van der Waals surface area contributed by atoms with Crippen LogP contribution in [0.4, 0.5) is 0 Å². The van der Waals surface area contributed by atoms with Crippen LogP contribution < -0.4 is 0 Å². The summed E-state index contributed by atoms with van der Waals surface area (Å²) in [6.07, 6.45) is 7.14. The minimum absolute atomic E-state index is 0.269. The molecule has 2 unspecified atom stereocenters. The molecule has 2 heterocycles. The molecule has 198 valence electrons. The molecule has 3 fully saturated rings. The number of nitrogens with zero attached hydrogens (tertiary/aromatic N) is 2. The number of amides is 1. The number of aliphatic carboxylic acids is 2. The van der Waals surface area contributed by atoms with Gasteiger partial charge in [0, 0.05) is 37.8 Å². The molecule has 36 heavy (non-hydrogen) atoms. The summed E-state index contributed by atoms with van der Waals surface area (Å²) >= 11 is 0. The summed E-state index contributed by atoms with van der Waals surface area (Å²) in [6, 6.07) is 11.0. The van der Waals surface area contributed by atoms with Gasteiger partial charge in [-0.2, -0.15) is 0 Å². The molecule has 2 aliphatic heterocycles. The quantitative estimate of drug-likeness (QED) is 0.527. The summed E-state index contributed by atoms with van der Waals surface area (Å²) in [6.45, 7) is 10.1. The van der Waals surface area contributed by atoms with Crippen molar-refractivity contribution in [3.63, 3.8) is 0 Å². The van der Waals surface area contributed by atoms with E-state index >= 15 is 0 Å². The number of ether oxygens (including phenoxy) is 1. The van der Waals surface area contributed by atoms with Gasteiger partial charge in [-0.25, -0.2) is 9.59 Å². The highest BCUT2D eigenvalue weighted by molar-refractivity contribution is 5.92. The van der Waals surface area contributed by atoms with E-state index < -0.39 is 11.9 Å². The van der Waals surface area contributed by atoms with Crippen LogP contribution >= 0.6 is 0 Å². The van der Waals surface area contributed by atoms with Crippen molar-refractivity contribution in [3.05, 3.63) is 48.0 Å². The molecule has 1 aromatic rings. The third kappa shape index (κ3) is 6.53. The average Bonchev–Trinajstić information content (AvgIpc) is 3.50. The van der Waals surface area contributed by atoms with Gasteiger partial charge in [0.1, 0.15) is 0 Å². The Bertz CT molecular complexity index is 890. The second-order valence-electron chi connectivity index (χ2n) is 10.2. The first-order valence-corrected chi connectivity index (χ1v) is 13.1. The van der Waals surface area contributed by atoms with Crippen LogP contribution in [0, 0.1) is 11.8 Å². The lowest BCUT2D eigenvalue weighted by atomic mass is 9.62. The van der Waals surface area contributed by atoms with Crippen LogP contribution in [0.25, 0.3) is 0 Å². The van der Waals surface area contributed by atoms with E-state index in [9.17, 15) is 14.4 Å². The van der Waals surface area contributed by atoms with Crippen molar-refractivity contribution < 1.29 is 29.3 Å². The summed E-state index contributed by atoms with van der Waals surface area (Å²) < 4.78 is 5.52. The van der Waals surface area contributed by atoms with Gasteiger partial charge in [-0.15, -0.1) is 0 Å². The minimum Gasteiger partial charge on any atom is -0.478 e. The van der Waals surface area contributed by atoms with Gasteiger partial charge < -0.3 is 19.8 Å². The smallest absolute Gasteiger partial charge is 0.328 e. The van der Waals surface area contributed by atoms with E-state index in [0.717, 1.165) is 45.8 Å². The van der Waals surface area contributed by atoms with Crippen molar-refractivity contribution in [2.45, 2.75) is 57.4 Å². The topological polar surface area (TPSA) is 107 Å². The highest BCUT2D eigenvalue weighted by Crippen LogP contribution is 2.53. The predicted molar refractivity (Wildman–Crippen MR) is 137 cm³/mol. The van der Waals surface area contributed by atoms with Gasteiger partial charge in [-0.05, 0) is 57.1 Å². The lowest BCUT2D eigenvalue weighted by Crippen LogP contribution is -2.48. The first-order chi connectivity index (χ1) is 17.3. The lowest BCUT2D eigenvalue weighted by molar-refractivity contribution is -0.136. The SMILES string of the molecule is CC(C)N1CC(CCN2CCOCC2)C(c2ccccc2)(C2CCCC2)C1=O.O=C(O)/C=C\C(=O)O. The van der Waals surface area contributed by atoms with Gasteiger partial charge in [0.05, 0.1) is 18.6 Å². The molecule has 1 saturated carbocycles. The molecular formula is C28H40N2O6. The first kappa shape index (κ1) is 27.9. The molecule has 2 saturated heterocycles. The Morgan fingerprint density at radius 2 is 1.64 bits per heavy atom. The van der Waals surface area contributed by atoms with Gasteiger partial charge in [-0.1, -0.05) is 43.2 Å². The third-order valence-electron chi connectivity index (χ3n) is 7.82. The molecule has 1 amide bonds. The standard InChI is InChI=1S/C24H36N2O2.C4H4O4/c1-19(2)26-18-22(12-13-25-14-16-28-17-15-25)24(23(26)27,21-10-6-7-11-21)20-8-4-3-5-9-20;5-3(6)1-2-4(7)8/h3-5,8-9,19,21-22H,6-7,10-18H2,1-2H3;1-2H,(H,5,6)(H,7,8)/b;2-1-. The second kappa shape index (κ2) is 13.0. The molecule has 2 N–H and O–H groups in total. The van der Waals surface area contributed by atoms with E-state index in [1.54, 1.807) is 0 Å². The molecule has 0 bridgehead atoms. The molecular weight excluding hydrogens is 460 g/mol. The fourth-order valence-electron chi connectivity index (χ4n) is 6.14. The van der Waals surface area contributed by atoms with Gasteiger partial charge in [0.15, 0.2) is 0 Å². The van der Waals surface area contributed by atoms with Gasteiger partial charge in [0.2, 0.25) is 5.91 Å². The zero-order valence-electron chi connectivity index (χ0n) is 21.5. The van der Waals surface area contributed by atoms with Crippen LogP contribution in [0.5, 0.6) is 0 Å². The molecule has 0 aromatic heterocycles.